The summed E-state index contributed by atoms with van der Waals surface area (Å²) in [5.41, 5.74) is 0. The molecule has 2 heterocycles. The van der Waals surface area contributed by atoms with Gasteiger partial charge in [-0.1, -0.05) is 0 Å². The zero-order valence-electron chi connectivity index (χ0n) is 9.83. The first kappa shape index (κ1) is 11.4. The van der Waals surface area contributed by atoms with Crippen molar-refractivity contribution in [1.82, 2.24) is 4.67 Å². The Labute approximate surface area is 102 Å². The van der Waals surface area contributed by atoms with Crippen LogP contribution in [0.1, 0.15) is 12.8 Å². The second-order valence-corrected chi connectivity index (χ2v) is 6.80. The van der Waals surface area contributed by atoms with E-state index in [9.17, 15) is 4.89 Å². The Hall–Kier alpha value is -0.670. The lowest BCUT2D eigenvalue weighted by Gasteiger charge is -2.30. The molecule has 5 heteroatoms. The Morgan fingerprint density at radius 3 is 2.88 bits per heavy atom. The minimum absolute atomic E-state index is 0.350. The molecule has 2 fully saturated rings. The average Bonchev–Trinajstić information content (AvgIpc) is 2.95. The fraction of sp³-hybridized carbons (Fsp3) is 0.500. The summed E-state index contributed by atoms with van der Waals surface area (Å²) in [6.07, 6.45) is 2.22. The Kier molecular flexibility index (Phi) is 2.83. The zero-order valence-corrected chi connectivity index (χ0v) is 10.7. The highest BCUT2D eigenvalue weighted by Crippen LogP contribution is 2.61. The molecule has 17 heavy (non-hydrogen) atoms. The van der Waals surface area contributed by atoms with Gasteiger partial charge in [0.2, 0.25) is 7.87 Å². The first-order valence-corrected chi connectivity index (χ1v) is 7.48. The number of hydrogen-bond acceptors (Lipinski definition) is 4. The minimum Gasteiger partial charge on any atom is -0.637 e. The van der Waals surface area contributed by atoms with Gasteiger partial charge in [0.25, 0.3) is 0 Å². The summed E-state index contributed by atoms with van der Waals surface area (Å²) >= 11 is 0. The number of fused-ring (bicyclic) bond motifs is 1. The van der Waals surface area contributed by atoms with Crippen molar-refractivity contribution in [1.29, 1.82) is 0 Å². The largest absolute Gasteiger partial charge is 0.637 e. The monoisotopic (exact) mass is 253 g/mol. The first-order valence-electron chi connectivity index (χ1n) is 5.90. The molecule has 1 aromatic carbocycles. The molecule has 92 valence electrons. The lowest BCUT2D eigenvalue weighted by atomic mass is 10.2. The van der Waals surface area contributed by atoms with Crippen molar-refractivity contribution in [3.05, 3.63) is 24.3 Å². The van der Waals surface area contributed by atoms with E-state index in [1.54, 1.807) is 7.11 Å². The molecule has 2 aliphatic heterocycles. The van der Waals surface area contributed by atoms with Crippen molar-refractivity contribution in [3.8, 4) is 5.75 Å². The topological polar surface area (TPSA) is 44.8 Å². The van der Waals surface area contributed by atoms with E-state index in [1.165, 1.54) is 0 Å². The molecule has 4 nitrogen and oxygen atoms in total. The molecule has 3 rings (SSSR count). The summed E-state index contributed by atoms with van der Waals surface area (Å²) in [5, 5.41) is 0.780. The van der Waals surface area contributed by atoms with Crippen LogP contribution in [0.15, 0.2) is 24.3 Å². The normalized spacial score (nSPS) is 32.7. The molecule has 2 aliphatic rings. The predicted octanol–water partition coefficient (Wildman–Crippen LogP) is 0.938. The summed E-state index contributed by atoms with van der Waals surface area (Å²) in [6, 6.07) is 7.72. The highest BCUT2D eigenvalue weighted by molar-refractivity contribution is 7.69. The highest BCUT2D eigenvalue weighted by Gasteiger charge is 2.52. The van der Waals surface area contributed by atoms with Gasteiger partial charge in [0.05, 0.1) is 13.2 Å². The standard InChI is InChI=1S/C12H16NO3P/c1-15-11-4-6-12(7-5-11)17(14)13-8-2-3-10(13)9-16-17/h4-7,10H,2-3,8-9H2,1H3/t10-,17?/m0/s1. The fourth-order valence-corrected chi connectivity index (χ4v) is 5.10. The first-order chi connectivity index (χ1) is 8.24. The van der Waals surface area contributed by atoms with Gasteiger partial charge in [-0.25, -0.2) is 4.52 Å². The van der Waals surface area contributed by atoms with E-state index in [0.717, 1.165) is 30.4 Å². The van der Waals surface area contributed by atoms with Crippen LogP contribution in [-0.4, -0.2) is 31.0 Å². The molecule has 0 aliphatic carbocycles. The van der Waals surface area contributed by atoms with Crippen molar-refractivity contribution >= 4 is 13.2 Å². The van der Waals surface area contributed by atoms with Crippen LogP contribution in [0.3, 0.4) is 0 Å². The van der Waals surface area contributed by atoms with Crippen molar-refractivity contribution in [2.75, 3.05) is 20.3 Å². The zero-order chi connectivity index (χ0) is 11.9. The number of nitrogens with zero attached hydrogens (tertiary/aromatic N) is 1. The predicted molar refractivity (Wildman–Crippen MR) is 65.2 cm³/mol. The van der Waals surface area contributed by atoms with Crippen molar-refractivity contribution in [2.24, 2.45) is 0 Å². The molecule has 1 unspecified atom stereocenters. The minimum atomic E-state index is -2.78. The van der Waals surface area contributed by atoms with Gasteiger partial charge < -0.3 is 9.63 Å². The second kappa shape index (κ2) is 4.21. The summed E-state index contributed by atoms with van der Waals surface area (Å²) in [6.45, 7) is 1.48. The van der Waals surface area contributed by atoms with Crippen LogP contribution in [0.5, 0.6) is 5.75 Å². The van der Waals surface area contributed by atoms with E-state index in [4.69, 9.17) is 9.26 Å². The number of rotatable bonds is 2. The third-order valence-corrected chi connectivity index (χ3v) is 6.18. The molecular formula is C12H16NO3P. The van der Waals surface area contributed by atoms with Gasteiger partial charge >= 0.3 is 0 Å². The molecule has 0 bridgehead atoms. The van der Waals surface area contributed by atoms with Crippen molar-refractivity contribution < 1.29 is 14.2 Å². The van der Waals surface area contributed by atoms with E-state index in [1.807, 2.05) is 24.3 Å². The van der Waals surface area contributed by atoms with Crippen LogP contribution in [-0.2, 0) is 4.52 Å². The number of ether oxygens (including phenoxy) is 1. The Bertz CT molecular complexity index is 411. The van der Waals surface area contributed by atoms with Gasteiger partial charge in [0.15, 0.2) is 0 Å². The van der Waals surface area contributed by atoms with Gasteiger partial charge in [-0.3, -0.25) is 0 Å². The maximum Gasteiger partial charge on any atom is 0.208 e. The van der Waals surface area contributed by atoms with E-state index < -0.39 is 7.87 Å². The van der Waals surface area contributed by atoms with Crippen LogP contribution < -0.4 is 14.9 Å². The molecule has 0 spiro atoms. The van der Waals surface area contributed by atoms with Crippen LogP contribution in [0.2, 0.25) is 0 Å². The molecule has 0 amide bonds. The fourth-order valence-electron chi connectivity index (χ4n) is 2.59. The van der Waals surface area contributed by atoms with E-state index in [-0.39, 0.29) is 0 Å². The van der Waals surface area contributed by atoms with Crippen LogP contribution >= 0.6 is 7.87 Å². The lowest BCUT2D eigenvalue weighted by Crippen LogP contribution is -2.35. The molecule has 2 saturated heterocycles. The summed E-state index contributed by atoms with van der Waals surface area (Å²) in [5.74, 6) is 0.775. The second-order valence-electron chi connectivity index (χ2n) is 4.47. The Balaban J connectivity index is 1.91. The molecule has 0 radical (unpaired) electrons. The maximum absolute atomic E-state index is 12.9. The van der Waals surface area contributed by atoms with Gasteiger partial charge in [0, 0.05) is 6.54 Å². The smallest absolute Gasteiger partial charge is 0.208 e. The van der Waals surface area contributed by atoms with Crippen LogP contribution in [0.4, 0.5) is 0 Å². The molecular weight excluding hydrogens is 237 g/mol. The highest BCUT2D eigenvalue weighted by atomic mass is 31.2. The van der Waals surface area contributed by atoms with Gasteiger partial charge in [-0.05, 0) is 37.1 Å². The molecule has 0 aromatic heterocycles. The molecule has 0 N–H and O–H groups in total. The molecule has 1 aromatic rings. The maximum atomic E-state index is 12.9. The average molecular weight is 253 g/mol. The Morgan fingerprint density at radius 2 is 2.18 bits per heavy atom. The van der Waals surface area contributed by atoms with Gasteiger partial charge in [-0.2, -0.15) is 0 Å². The molecule has 0 saturated carbocycles. The van der Waals surface area contributed by atoms with Crippen LogP contribution in [0, 0.1) is 0 Å². The molecule has 2 atom stereocenters. The number of benzene rings is 1. The SMILES string of the molecule is COc1ccc([P+]2([O-])OC[C@@H]3CCCN32)cc1. The quantitative estimate of drug-likeness (QED) is 0.736. The summed E-state index contributed by atoms with van der Waals surface area (Å²) in [7, 11) is -1.15. The summed E-state index contributed by atoms with van der Waals surface area (Å²) < 4.78 is 12.8. The van der Waals surface area contributed by atoms with Crippen molar-refractivity contribution in [2.45, 2.75) is 18.9 Å². The number of methoxy groups -OCH3 is 1. The van der Waals surface area contributed by atoms with Gasteiger partial charge in [0.1, 0.15) is 17.7 Å². The number of hydrogen-bond donors (Lipinski definition) is 0. The third-order valence-electron chi connectivity index (χ3n) is 3.52. The van der Waals surface area contributed by atoms with E-state index in [2.05, 4.69) is 4.67 Å². The lowest BCUT2D eigenvalue weighted by molar-refractivity contribution is -0.194. The van der Waals surface area contributed by atoms with Gasteiger partial charge in [-0.15, -0.1) is 4.67 Å². The van der Waals surface area contributed by atoms with E-state index >= 15 is 0 Å². The third kappa shape index (κ3) is 1.76. The van der Waals surface area contributed by atoms with Crippen LogP contribution in [0.25, 0.3) is 0 Å². The van der Waals surface area contributed by atoms with E-state index in [0.29, 0.717) is 12.6 Å². The summed E-state index contributed by atoms with van der Waals surface area (Å²) in [4.78, 5) is 12.9. The Morgan fingerprint density at radius 1 is 1.41 bits per heavy atom. The van der Waals surface area contributed by atoms with Crippen molar-refractivity contribution in [3.63, 3.8) is 0 Å².